The second-order valence-corrected chi connectivity index (χ2v) is 7.39. The zero-order chi connectivity index (χ0) is 17.6. The molecule has 0 aromatic heterocycles. The number of urea groups is 1. The van der Waals surface area contributed by atoms with Gasteiger partial charge in [-0.1, -0.05) is 29.8 Å². The van der Waals surface area contributed by atoms with Crippen LogP contribution in [0.5, 0.6) is 0 Å². The van der Waals surface area contributed by atoms with E-state index in [1.807, 2.05) is 31.2 Å². The summed E-state index contributed by atoms with van der Waals surface area (Å²) < 4.78 is 25.4. The number of hydrogen-bond acceptors (Lipinski definition) is 3. The zero-order valence-electron chi connectivity index (χ0n) is 13.7. The first-order valence-electron chi connectivity index (χ1n) is 7.59. The van der Waals surface area contributed by atoms with Crippen molar-refractivity contribution in [3.05, 3.63) is 59.7 Å². The van der Waals surface area contributed by atoms with Crippen molar-refractivity contribution >= 4 is 27.4 Å². The maximum absolute atomic E-state index is 11.9. The molecule has 0 atom stereocenters. The van der Waals surface area contributed by atoms with Crippen LogP contribution in [0.25, 0.3) is 0 Å². The Bertz CT molecular complexity index is 785. The Hall–Kier alpha value is -2.54. The molecule has 7 heteroatoms. The third-order valence-corrected chi connectivity index (χ3v) is 4.68. The normalized spacial score (nSPS) is 10.9. The molecular weight excluding hydrogens is 326 g/mol. The molecule has 3 N–H and O–H groups in total. The lowest BCUT2D eigenvalue weighted by molar-refractivity contribution is 0.251. The van der Waals surface area contributed by atoms with Gasteiger partial charge in [0.05, 0.1) is 5.75 Å². The highest BCUT2D eigenvalue weighted by Crippen LogP contribution is 2.15. The van der Waals surface area contributed by atoms with Crippen LogP contribution in [-0.4, -0.2) is 20.2 Å². The van der Waals surface area contributed by atoms with Gasteiger partial charge in [0.1, 0.15) is 0 Å². The maximum atomic E-state index is 11.9. The minimum absolute atomic E-state index is 0.00835. The van der Waals surface area contributed by atoms with Crippen molar-refractivity contribution < 1.29 is 13.2 Å². The van der Waals surface area contributed by atoms with E-state index in [4.69, 9.17) is 0 Å². The number of rotatable bonds is 6. The number of amides is 2. The van der Waals surface area contributed by atoms with Crippen molar-refractivity contribution in [2.24, 2.45) is 0 Å². The lowest BCUT2D eigenvalue weighted by atomic mass is 10.1. The van der Waals surface area contributed by atoms with Crippen LogP contribution in [0.3, 0.4) is 0 Å². The standard InChI is InChI=1S/C17H21N3O3S/c1-3-24(22,23)20-16-10-8-15(9-11-16)19-17(21)18-12-14-6-4-13(2)5-7-14/h4-11,20H,3,12H2,1-2H3,(H2,18,19,21). The molecule has 0 fully saturated rings. The Morgan fingerprint density at radius 2 is 1.54 bits per heavy atom. The summed E-state index contributed by atoms with van der Waals surface area (Å²) in [5.74, 6) is 0.00835. The molecule has 128 valence electrons. The van der Waals surface area contributed by atoms with E-state index in [0.717, 1.165) is 5.56 Å². The van der Waals surface area contributed by atoms with Crippen LogP contribution in [0.2, 0.25) is 0 Å². The Morgan fingerprint density at radius 3 is 2.12 bits per heavy atom. The van der Waals surface area contributed by atoms with Crippen LogP contribution in [-0.2, 0) is 16.6 Å². The second kappa shape index (κ2) is 7.83. The highest BCUT2D eigenvalue weighted by atomic mass is 32.2. The van der Waals surface area contributed by atoms with Gasteiger partial charge in [-0.15, -0.1) is 0 Å². The van der Waals surface area contributed by atoms with E-state index in [2.05, 4.69) is 15.4 Å². The molecule has 0 aliphatic carbocycles. The molecule has 0 bridgehead atoms. The number of nitrogens with one attached hydrogen (secondary N) is 3. The summed E-state index contributed by atoms with van der Waals surface area (Å²) >= 11 is 0. The van der Waals surface area contributed by atoms with Gasteiger partial charge in [0, 0.05) is 17.9 Å². The summed E-state index contributed by atoms with van der Waals surface area (Å²) in [5.41, 5.74) is 3.22. The van der Waals surface area contributed by atoms with Gasteiger partial charge < -0.3 is 10.6 Å². The summed E-state index contributed by atoms with van der Waals surface area (Å²) in [6.45, 7) is 4.01. The molecule has 0 aliphatic heterocycles. The maximum Gasteiger partial charge on any atom is 0.319 e. The van der Waals surface area contributed by atoms with Crippen molar-refractivity contribution in [2.75, 3.05) is 15.8 Å². The number of sulfonamides is 1. The molecule has 6 nitrogen and oxygen atoms in total. The average molecular weight is 347 g/mol. The third kappa shape index (κ3) is 5.58. The van der Waals surface area contributed by atoms with Gasteiger partial charge in [0.25, 0.3) is 0 Å². The summed E-state index contributed by atoms with van der Waals surface area (Å²) in [6, 6.07) is 14.1. The Morgan fingerprint density at radius 1 is 0.958 bits per heavy atom. The Kier molecular flexibility index (Phi) is 5.81. The van der Waals surface area contributed by atoms with E-state index < -0.39 is 10.0 Å². The Balaban J connectivity index is 1.86. The lowest BCUT2D eigenvalue weighted by Gasteiger charge is -2.09. The summed E-state index contributed by atoms with van der Waals surface area (Å²) in [5, 5.41) is 5.47. The first-order valence-corrected chi connectivity index (χ1v) is 9.24. The van der Waals surface area contributed by atoms with Crippen LogP contribution < -0.4 is 15.4 Å². The van der Waals surface area contributed by atoms with Gasteiger partial charge in [-0.25, -0.2) is 13.2 Å². The summed E-state index contributed by atoms with van der Waals surface area (Å²) in [4.78, 5) is 11.9. The Labute approximate surface area is 142 Å². The molecule has 0 unspecified atom stereocenters. The van der Waals surface area contributed by atoms with Crippen LogP contribution >= 0.6 is 0 Å². The van der Waals surface area contributed by atoms with Crippen LogP contribution in [0, 0.1) is 6.92 Å². The molecule has 24 heavy (non-hydrogen) atoms. The number of benzene rings is 2. The average Bonchev–Trinajstić information content (AvgIpc) is 2.56. The largest absolute Gasteiger partial charge is 0.334 e. The molecule has 2 amide bonds. The molecule has 2 aromatic carbocycles. The molecule has 0 saturated carbocycles. The van der Waals surface area contributed by atoms with Crippen molar-refractivity contribution in [2.45, 2.75) is 20.4 Å². The van der Waals surface area contributed by atoms with Gasteiger partial charge in [0.15, 0.2) is 0 Å². The molecule has 0 radical (unpaired) electrons. The fourth-order valence-electron chi connectivity index (χ4n) is 1.94. The second-order valence-electron chi connectivity index (χ2n) is 5.38. The lowest BCUT2D eigenvalue weighted by Crippen LogP contribution is -2.28. The summed E-state index contributed by atoms with van der Waals surface area (Å²) in [6.07, 6.45) is 0. The van der Waals surface area contributed by atoms with Gasteiger partial charge in [0.2, 0.25) is 10.0 Å². The molecule has 0 aliphatic rings. The monoisotopic (exact) mass is 347 g/mol. The molecular formula is C17H21N3O3S. The number of anilines is 2. The highest BCUT2D eigenvalue weighted by molar-refractivity contribution is 7.92. The highest BCUT2D eigenvalue weighted by Gasteiger charge is 2.07. The fraction of sp³-hybridized carbons (Fsp3) is 0.235. The van der Waals surface area contributed by atoms with Crippen molar-refractivity contribution in [3.63, 3.8) is 0 Å². The quantitative estimate of drug-likeness (QED) is 0.750. The van der Waals surface area contributed by atoms with Crippen LogP contribution in [0.1, 0.15) is 18.1 Å². The van der Waals surface area contributed by atoms with Gasteiger partial charge in [-0.05, 0) is 43.7 Å². The summed E-state index contributed by atoms with van der Waals surface area (Å²) in [7, 11) is -3.30. The van der Waals surface area contributed by atoms with Gasteiger partial charge >= 0.3 is 6.03 Å². The van der Waals surface area contributed by atoms with E-state index in [1.165, 1.54) is 5.56 Å². The number of carbonyl (C=O) groups is 1. The topological polar surface area (TPSA) is 87.3 Å². The SMILES string of the molecule is CCS(=O)(=O)Nc1ccc(NC(=O)NCc2ccc(C)cc2)cc1. The minimum Gasteiger partial charge on any atom is -0.334 e. The van der Waals surface area contributed by atoms with Crippen molar-refractivity contribution in [3.8, 4) is 0 Å². The minimum atomic E-state index is -3.30. The fourth-order valence-corrected chi connectivity index (χ4v) is 2.58. The number of aryl methyl sites for hydroxylation is 1. The molecule has 2 rings (SSSR count). The van der Waals surface area contributed by atoms with Crippen molar-refractivity contribution in [1.82, 2.24) is 5.32 Å². The zero-order valence-corrected chi connectivity index (χ0v) is 14.5. The molecule has 0 spiro atoms. The number of carbonyl (C=O) groups excluding carboxylic acids is 1. The first kappa shape index (κ1) is 17.8. The van der Waals surface area contributed by atoms with Gasteiger partial charge in [-0.3, -0.25) is 4.72 Å². The van der Waals surface area contributed by atoms with E-state index in [-0.39, 0.29) is 11.8 Å². The van der Waals surface area contributed by atoms with E-state index in [0.29, 0.717) is 17.9 Å². The van der Waals surface area contributed by atoms with Crippen LogP contribution in [0.15, 0.2) is 48.5 Å². The molecule has 0 heterocycles. The van der Waals surface area contributed by atoms with Gasteiger partial charge in [-0.2, -0.15) is 0 Å². The first-order chi connectivity index (χ1) is 11.4. The molecule has 2 aromatic rings. The smallest absolute Gasteiger partial charge is 0.319 e. The van der Waals surface area contributed by atoms with E-state index in [1.54, 1.807) is 31.2 Å². The number of hydrogen-bond donors (Lipinski definition) is 3. The van der Waals surface area contributed by atoms with Crippen LogP contribution in [0.4, 0.5) is 16.2 Å². The van der Waals surface area contributed by atoms with E-state index >= 15 is 0 Å². The predicted molar refractivity (Wildman–Crippen MR) is 96.6 cm³/mol. The third-order valence-electron chi connectivity index (χ3n) is 3.37. The van der Waals surface area contributed by atoms with E-state index in [9.17, 15) is 13.2 Å². The molecule has 0 saturated heterocycles. The predicted octanol–water partition coefficient (Wildman–Crippen LogP) is 3.08. The van der Waals surface area contributed by atoms with Crippen molar-refractivity contribution in [1.29, 1.82) is 0 Å².